The first kappa shape index (κ1) is 15.1. The maximum Gasteiger partial charge on any atom is -0.00376 e. The van der Waals surface area contributed by atoms with Crippen molar-refractivity contribution in [2.24, 2.45) is 11.3 Å². The van der Waals surface area contributed by atoms with Crippen LogP contribution >= 0.6 is 0 Å². The first-order valence-electron chi connectivity index (χ1n) is 7.67. The molecule has 0 heterocycles. The van der Waals surface area contributed by atoms with Crippen molar-refractivity contribution in [2.45, 2.75) is 54.9 Å². The van der Waals surface area contributed by atoms with E-state index in [0.717, 1.165) is 6.42 Å². The molecule has 0 aliphatic heterocycles. The van der Waals surface area contributed by atoms with Gasteiger partial charge in [-0.3, -0.25) is 0 Å². The molecule has 2 atom stereocenters. The smallest absolute Gasteiger partial charge is 0.00376 e. The number of hydrogen-bond donors (Lipinski definition) is 0. The number of allylic oxidation sites excluding steroid dienone is 4. The van der Waals surface area contributed by atoms with Gasteiger partial charge in [-0.1, -0.05) is 54.8 Å². The highest BCUT2D eigenvalue weighted by Gasteiger charge is 2.33. The lowest BCUT2D eigenvalue weighted by molar-refractivity contribution is 0.305. The molecule has 1 aromatic carbocycles. The summed E-state index contributed by atoms with van der Waals surface area (Å²) in [5, 5.41) is 0. The van der Waals surface area contributed by atoms with Gasteiger partial charge in [0.05, 0.1) is 0 Å². The van der Waals surface area contributed by atoms with Crippen LogP contribution in [-0.2, 0) is 6.42 Å². The van der Waals surface area contributed by atoms with Crippen LogP contribution in [0.2, 0.25) is 0 Å². The second-order valence-electron chi connectivity index (χ2n) is 7.05. The monoisotopic (exact) mass is 268 g/mol. The molecule has 0 amide bonds. The predicted octanol–water partition coefficient (Wildman–Crippen LogP) is 5.70. The Morgan fingerprint density at radius 2 is 1.70 bits per heavy atom. The molecular formula is C20H28. The van der Waals surface area contributed by atoms with Crippen LogP contribution in [0.4, 0.5) is 0 Å². The van der Waals surface area contributed by atoms with Crippen molar-refractivity contribution < 1.29 is 0 Å². The minimum atomic E-state index is 0.230. The van der Waals surface area contributed by atoms with Crippen LogP contribution in [0.15, 0.2) is 35.4 Å². The highest BCUT2D eigenvalue weighted by Crippen LogP contribution is 2.42. The topological polar surface area (TPSA) is 0 Å². The number of aryl methyl sites for hydroxylation is 2. The number of benzene rings is 1. The summed E-state index contributed by atoms with van der Waals surface area (Å²) in [6, 6.07) is 4.66. The molecule has 0 fully saturated rings. The summed E-state index contributed by atoms with van der Waals surface area (Å²) in [7, 11) is 0. The van der Waals surface area contributed by atoms with E-state index in [1.165, 1.54) is 33.4 Å². The lowest BCUT2D eigenvalue weighted by Crippen LogP contribution is -2.29. The SMILES string of the molecule is CC1=CC(C)(Cc2cc(C)cc(C)c2C)C(C)C(C)=C1. The van der Waals surface area contributed by atoms with Gasteiger partial charge in [-0.15, -0.1) is 0 Å². The Morgan fingerprint density at radius 3 is 2.35 bits per heavy atom. The average molecular weight is 268 g/mol. The minimum Gasteiger partial charge on any atom is -0.0747 e. The van der Waals surface area contributed by atoms with E-state index in [2.05, 4.69) is 72.8 Å². The minimum absolute atomic E-state index is 0.230. The van der Waals surface area contributed by atoms with Crippen molar-refractivity contribution in [2.75, 3.05) is 0 Å². The molecule has 20 heavy (non-hydrogen) atoms. The molecule has 1 aliphatic carbocycles. The van der Waals surface area contributed by atoms with Crippen molar-refractivity contribution in [1.29, 1.82) is 0 Å². The number of rotatable bonds is 2. The van der Waals surface area contributed by atoms with Gasteiger partial charge in [0.15, 0.2) is 0 Å². The normalized spacial score (nSPS) is 26.2. The molecule has 0 saturated heterocycles. The maximum absolute atomic E-state index is 2.47. The van der Waals surface area contributed by atoms with Crippen molar-refractivity contribution >= 4 is 0 Å². The molecule has 0 aromatic heterocycles. The second kappa shape index (κ2) is 5.24. The van der Waals surface area contributed by atoms with Crippen LogP contribution < -0.4 is 0 Å². The molecule has 108 valence electrons. The first-order chi connectivity index (χ1) is 9.23. The molecule has 0 spiro atoms. The second-order valence-corrected chi connectivity index (χ2v) is 7.05. The van der Waals surface area contributed by atoms with Crippen LogP contribution in [-0.4, -0.2) is 0 Å². The van der Waals surface area contributed by atoms with E-state index in [1.807, 2.05) is 0 Å². The fraction of sp³-hybridized carbons (Fsp3) is 0.500. The van der Waals surface area contributed by atoms with Crippen LogP contribution in [0.25, 0.3) is 0 Å². The number of hydrogen-bond acceptors (Lipinski definition) is 0. The summed E-state index contributed by atoms with van der Waals surface area (Å²) in [6.45, 7) is 16.0. The molecule has 1 aliphatic rings. The van der Waals surface area contributed by atoms with Gasteiger partial charge in [0.2, 0.25) is 0 Å². The molecule has 0 bridgehead atoms. The summed E-state index contributed by atoms with van der Waals surface area (Å²) >= 11 is 0. The molecule has 1 aromatic rings. The zero-order chi connectivity index (χ0) is 15.1. The summed E-state index contributed by atoms with van der Waals surface area (Å²) in [4.78, 5) is 0. The third kappa shape index (κ3) is 2.75. The molecule has 0 saturated carbocycles. The molecular weight excluding hydrogens is 240 g/mol. The third-order valence-corrected chi connectivity index (χ3v) is 5.18. The average Bonchev–Trinajstić information content (AvgIpc) is 2.32. The van der Waals surface area contributed by atoms with Gasteiger partial charge < -0.3 is 0 Å². The lowest BCUT2D eigenvalue weighted by Gasteiger charge is -2.38. The van der Waals surface area contributed by atoms with E-state index in [1.54, 1.807) is 0 Å². The Balaban J connectivity index is 2.41. The zero-order valence-corrected chi connectivity index (χ0v) is 14.1. The van der Waals surface area contributed by atoms with E-state index in [4.69, 9.17) is 0 Å². The highest BCUT2D eigenvalue weighted by atomic mass is 14.4. The van der Waals surface area contributed by atoms with Crippen LogP contribution in [0.3, 0.4) is 0 Å². The van der Waals surface area contributed by atoms with Crippen molar-refractivity contribution in [3.05, 3.63) is 57.7 Å². The van der Waals surface area contributed by atoms with Gasteiger partial charge in [0.25, 0.3) is 0 Å². The Morgan fingerprint density at radius 1 is 1.05 bits per heavy atom. The molecule has 2 unspecified atom stereocenters. The standard InChI is InChI=1S/C20H28/c1-13-8-15(3)17(5)19(10-13)12-20(7)11-14(2)9-16(4)18(20)6/h8-11,18H,12H2,1-7H3. The zero-order valence-electron chi connectivity index (χ0n) is 14.1. The Hall–Kier alpha value is -1.30. The van der Waals surface area contributed by atoms with E-state index in [-0.39, 0.29) is 5.41 Å². The maximum atomic E-state index is 2.47. The van der Waals surface area contributed by atoms with Crippen LogP contribution in [0.5, 0.6) is 0 Å². The van der Waals surface area contributed by atoms with Crippen molar-refractivity contribution in [3.8, 4) is 0 Å². The van der Waals surface area contributed by atoms with E-state index < -0.39 is 0 Å². The molecule has 0 radical (unpaired) electrons. The first-order valence-corrected chi connectivity index (χ1v) is 7.67. The van der Waals surface area contributed by atoms with Crippen LogP contribution in [0.1, 0.15) is 49.9 Å². The fourth-order valence-electron chi connectivity index (χ4n) is 3.62. The van der Waals surface area contributed by atoms with E-state index in [9.17, 15) is 0 Å². The Labute approximate surface area is 124 Å². The van der Waals surface area contributed by atoms with E-state index in [0.29, 0.717) is 5.92 Å². The lowest BCUT2D eigenvalue weighted by atomic mass is 9.67. The van der Waals surface area contributed by atoms with Gasteiger partial charge in [-0.25, -0.2) is 0 Å². The van der Waals surface area contributed by atoms with Gasteiger partial charge in [0.1, 0.15) is 0 Å². The summed E-state index contributed by atoms with van der Waals surface area (Å²) < 4.78 is 0. The predicted molar refractivity (Wildman–Crippen MR) is 89.1 cm³/mol. The fourth-order valence-corrected chi connectivity index (χ4v) is 3.62. The molecule has 0 N–H and O–H groups in total. The van der Waals surface area contributed by atoms with Gasteiger partial charge >= 0.3 is 0 Å². The Bertz CT molecular complexity index is 586. The third-order valence-electron chi connectivity index (χ3n) is 5.18. The molecule has 0 heteroatoms. The van der Waals surface area contributed by atoms with Gasteiger partial charge in [-0.2, -0.15) is 0 Å². The molecule has 2 rings (SSSR count). The summed E-state index contributed by atoms with van der Waals surface area (Å²) in [5.74, 6) is 0.603. The molecule has 0 nitrogen and oxygen atoms in total. The van der Waals surface area contributed by atoms with E-state index >= 15 is 0 Å². The summed E-state index contributed by atoms with van der Waals surface area (Å²) in [5.41, 5.74) is 8.91. The largest absolute Gasteiger partial charge is 0.0747 e. The van der Waals surface area contributed by atoms with Crippen molar-refractivity contribution in [3.63, 3.8) is 0 Å². The van der Waals surface area contributed by atoms with Crippen LogP contribution in [0, 0.1) is 32.1 Å². The Kier molecular flexibility index (Phi) is 3.95. The van der Waals surface area contributed by atoms with Gasteiger partial charge in [-0.05, 0) is 69.1 Å². The van der Waals surface area contributed by atoms with Crippen molar-refractivity contribution in [1.82, 2.24) is 0 Å². The van der Waals surface area contributed by atoms with Gasteiger partial charge in [0, 0.05) is 0 Å². The quantitative estimate of drug-likeness (QED) is 0.645. The summed E-state index contributed by atoms with van der Waals surface area (Å²) in [6.07, 6.45) is 5.94. The highest BCUT2D eigenvalue weighted by molar-refractivity contribution is 5.40.